The van der Waals surface area contributed by atoms with Gasteiger partial charge in [0.1, 0.15) is 0 Å². The van der Waals surface area contributed by atoms with Crippen molar-refractivity contribution in [3.63, 3.8) is 0 Å². The van der Waals surface area contributed by atoms with Gasteiger partial charge < -0.3 is 0 Å². The molecule has 0 spiro atoms. The van der Waals surface area contributed by atoms with Crippen LogP contribution in [0.2, 0.25) is 0 Å². The van der Waals surface area contributed by atoms with Gasteiger partial charge >= 0.3 is 0 Å². The predicted molar refractivity (Wildman–Crippen MR) is 78.0 cm³/mol. The molecule has 0 heteroatoms. The first-order valence-electron chi connectivity index (χ1n) is 7.17. The molecule has 0 bridgehead atoms. The Morgan fingerprint density at radius 1 is 0.722 bits per heavy atom. The van der Waals surface area contributed by atoms with Crippen LogP contribution >= 0.6 is 0 Å². The number of benzene rings is 2. The maximum atomic E-state index is 2.42. The molecule has 2 aliphatic rings. The third-order valence-corrected chi connectivity index (χ3v) is 4.49. The molecule has 18 heavy (non-hydrogen) atoms. The molecule has 2 aromatic carbocycles. The topological polar surface area (TPSA) is 0 Å². The van der Waals surface area contributed by atoms with Crippen molar-refractivity contribution in [2.45, 2.75) is 38.5 Å². The molecule has 2 aromatic rings. The highest BCUT2D eigenvalue weighted by Crippen LogP contribution is 2.27. The second-order valence-electron chi connectivity index (χ2n) is 5.56. The maximum Gasteiger partial charge on any atom is -0.0106 e. The highest BCUT2D eigenvalue weighted by molar-refractivity contribution is 5.88. The van der Waals surface area contributed by atoms with Crippen LogP contribution < -0.4 is 10.4 Å². The molecule has 0 N–H and O–H groups in total. The van der Waals surface area contributed by atoms with Crippen molar-refractivity contribution in [1.82, 2.24) is 0 Å². The average Bonchev–Trinajstić information content (AvgIpc) is 2.46. The summed E-state index contributed by atoms with van der Waals surface area (Å²) < 4.78 is 0. The molecule has 0 aromatic heterocycles. The second kappa shape index (κ2) is 3.98. The zero-order valence-corrected chi connectivity index (χ0v) is 10.7. The quantitative estimate of drug-likeness (QED) is 0.657. The zero-order chi connectivity index (χ0) is 11.9. The summed E-state index contributed by atoms with van der Waals surface area (Å²) in [4.78, 5) is 0. The molecule has 2 aliphatic carbocycles. The van der Waals surface area contributed by atoms with E-state index < -0.39 is 0 Å². The van der Waals surface area contributed by atoms with Crippen molar-refractivity contribution >= 4 is 22.9 Å². The fourth-order valence-corrected chi connectivity index (χ4v) is 3.57. The highest BCUT2D eigenvalue weighted by atomic mass is 14.2. The Bertz CT molecular complexity index is 735. The van der Waals surface area contributed by atoms with E-state index in [-0.39, 0.29) is 0 Å². The fourth-order valence-electron chi connectivity index (χ4n) is 3.57. The van der Waals surface area contributed by atoms with Gasteiger partial charge in [-0.2, -0.15) is 0 Å². The van der Waals surface area contributed by atoms with Crippen LogP contribution in [0.4, 0.5) is 0 Å². The van der Waals surface area contributed by atoms with Gasteiger partial charge in [0.25, 0.3) is 0 Å². The molecule has 0 amide bonds. The molecule has 4 rings (SSSR count). The van der Waals surface area contributed by atoms with Crippen LogP contribution in [0.3, 0.4) is 0 Å². The molecule has 0 atom stereocenters. The summed E-state index contributed by atoms with van der Waals surface area (Å²) in [5, 5.41) is 5.90. The summed E-state index contributed by atoms with van der Waals surface area (Å²) in [7, 11) is 0. The van der Waals surface area contributed by atoms with E-state index in [1.165, 1.54) is 59.7 Å². The fraction of sp³-hybridized carbons (Fsp3) is 0.333. The lowest BCUT2D eigenvalue weighted by atomic mass is 9.86. The minimum absolute atomic E-state index is 1.20. The first-order chi connectivity index (χ1) is 8.93. The minimum Gasteiger partial charge on any atom is -0.0763 e. The van der Waals surface area contributed by atoms with Gasteiger partial charge in [-0.3, -0.25) is 0 Å². The van der Waals surface area contributed by atoms with E-state index in [1.54, 1.807) is 11.1 Å². The van der Waals surface area contributed by atoms with Crippen molar-refractivity contribution in [3.05, 3.63) is 45.8 Å². The van der Waals surface area contributed by atoms with Gasteiger partial charge in [-0.25, -0.2) is 0 Å². The number of hydrogen-bond acceptors (Lipinski definition) is 0. The van der Waals surface area contributed by atoms with Crippen LogP contribution in [0.25, 0.3) is 22.9 Å². The summed E-state index contributed by atoms with van der Waals surface area (Å²) in [6.45, 7) is 0. The van der Waals surface area contributed by atoms with Crippen LogP contribution in [0, 0.1) is 0 Å². The van der Waals surface area contributed by atoms with Crippen molar-refractivity contribution in [3.8, 4) is 0 Å². The lowest BCUT2D eigenvalue weighted by Gasteiger charge is -2.18. The highest BCUT2D eigenvalue weighted by Gasteiger charge is 2.12. The van der Waals surface area contributed by atoms with Gasteiger partial charge in [-0.15, -0.1) is 0 Å². The van der Waals surface area contributed by atoms with Crippen LogP contribution in [0.15, 0.2) is 24.3 Å². The SMILES string of the molecule is C1=c2ccc3c4c(ccc3c2=CCC1)CCCC4. The van der Waals surface area contributed by atoms with E-state index in [9.17, 15) is 0 Å². The Morgan fingerprint density at radius 3 is 2.56 bits per heavy atom. The third kappa shape index (κ3) is 1.45. The molecule has 0 aliphatic heterocycles. The smallest absolute Gasteiger partial charge is 0.0106 e. The minimum atomic E-state index is 1.20. The van der Waals surface area contributed by atoms with Gasteiger partial charge in [-0.1, -0.05) is 36.4 Å². The molecule has 0 saturated carbocycles. The largest absolute Gasteiger partial charge is 0.0763 e. The van der Waals surface area contributed by atoms with Crippen molar-refractivity contribution in [2.24, 2.45) is 0 Å². The summed E-state index contributed by atoms with van der Waals surface area (Å²) >= 11 is 0. The number of fused-ring (bicyclic) bond motifs is 5. The normalized spacial score (nSPS) is 17.6. The molecular formula is C18H18. The van der Waals surface area contributed by atoms with Crippen LogP contribution in [0.1, 0.15) is 36.8 Å². The molecule has 0 fully saturated rings. The summed E-state index contributed by atoms with van der Waals surface area (Å²) in [5.41, 5.74) is 3.22. The van der Waals surface area contributed by atoms with Gasteiger partial charge in [0.05, 0.1) is 0 Å². The first-order valence-corrected chi connectivity index (χ1v) is 7.17. The van der Waals surface area contributed by atoms with Crippen molar-refractivity contribution in [1.29, 1.82) is 0 Å². The van der Waals surface area contributed by atoms with Gasteiger partial charge in [0.2, 0.25) is 0 Å². The van der Waals surface area contributed by atoms with E-state index in [2.05, 4.69) is 36.4 Å². The molecular weight excluding hydrogens is 216 g/mol. The van der Waals surface area contributed by atoms with Gasteiger partial charge in [0.15, 0.2) is 0 Å². The second-order valence-corrected chi connectivity index (χ2v) is 5.56. The van der Waals surface area contributed by atoms with Crippen LogP contribution in [-0.2, 0) is 12.8 Å². The molecule has 0 radical (unpaired) electrons. The maximum absolute atomic E-state index is 2.42. The Kier molecular flexibility index (Phi) is 2.29. The number of aryl methyl sites for hydroxylation is 2. The summed E-state index contributed by atoms with van der Waals surface area (Å²) in [6, 6.07) is 9.41. The number of rotatable bonds is 0. The van der Waals surface area contributed by atoms with Crippen molar-refractivity contribution < 1.29 is 0 Å². The Labute approximate surface area is 108 Å². The third-order valence-electron chi connectivity index (χ3n) is 4.49. The molecule has 0 heterocycles. The van der Waals surface area contributed by atoms with E-state index in [0.717, 1.165) is 0 Å². The Morgan fingerprint density at radius 2 is 1.56 bits per heavy atom. The molecule has 0 unspecified atom stereocenters. The monoisotopic (exact) mass is 234 g/mol. The van der Waals surface area contributed by atoms with E-state index in [0.29, 0.717) is 0 Å². The molecule has 0 nitrogen and oxygen atoms in total. The Balaban J connectivity index is 2.15. The van der Waals surface area contributed by atoms with Gasteiger partial charge in [-0.05, 0) is 70.9 Å². The van der Waals surface area contributed by atoms with Crippen LogP contribution in [0.5, 0.6) is 0 Å². The standard InChI is InChI=1S/C18H18/c1-3-7-15-13(5-1)9-11-18-16-8-4-2-6-14(16)10-12-17(15)18/h5,7,9-12H,1-4,6,8H2. The summed E-state index contributed by atoms with van der Waals surface area (Å²) in [6.07, 6.45) is 12.5. The van der Waals surface area contributed by atoms with Crippen molar-refractivity contribution in [2.75, 3.05) is 0 Å². The molecule has 90 valence electrons. The van der Waals surface area contributed by atoms with Gasteiger partial charge in [0, 0.05) is 0 Å². The van der Waals surface area contributed by atoms with E-state index >= 15 is 0 Å². The molecule has 0 saturated heterocycles. The predicted octanol–water partition coefficient (Wildman–Crippen LogP) is 3.07. The van der Waals surface area contributed by atoms with E-state index in [1.807, 2.05) is 0 Å². The Hall–Kier alpha value is -1.56. The zero-order valence-electron chi connectivity index (χ0n) is 10.7. The van der Waals surface area contributed by atoms with Crippen LogP contribution in [-0.4, -0.2) is 0 Å². The first kappa shape index (κ1) is 10.4. The number of hydrogen-bond donors (Lipinski definition) is 0. The summed E-state index contributed by atoms with van der Waals surface area (Å²) in [5.74, 6) is 0. The van der Waals surface area contributed by atoms with E-state index in [4.69, 9.17) is 0 Å². The average molecular weight is 234 g/mol. The lowest BCUT2D eigenvalue weighted by Crippen LogP contribution is -2.27. The lowest BCUT2D eigenvalue weighted by molar-refractivity contribution is 0.690.